The predicted molar refractivity (Wildman–Crippen MR) is 115 cm³/mol. The van der Waals surface area contributed by atoms with Gasteiger partial charge in [0.25, 0.3) is 5.91 Å². The molecule has 2 aliphatic heterocycles. The molecular formula is C20H27BrClN3O3. The van der Waals surface area contributed by atoms with Gasteiger partial charge in [-0.15, -0.1) is 12.4 Å². The highest BCUT2D eigenvalue weighted by atomic mass is 79.9. The summed E-state index contributed by atoms with van der Waals surface area (Å²) in [6.07, 6.45) is 6.33. The van der Waals surface area contributed by atoms with Crippen LogP contribution >= 0.6 is 28.3 Å². The fourth-order valence-corrected chi connectivity index (χ4v) is 4.01. The van der Waals surface area contributed by atoms with E-state index in [0.717, 1.165) is 30.4 Å². The fourth-order valence-electron chi connectivity index (χ4n) is 3.67. The molecule has 0 aromatic heterocycles. The zero-order valence-corrected chi connectivity index (χ0v) is 18.4. The van der Waals surface area contributed by atoms with Crippen LogP contribution in [0.1, 0.15) is 29.6 Å². The van der Waals surface area contributed by atoms with Crippen molar-refractivity contribution < 1.29 is 14.3 Å². The van der Waals surface area contributed by atoms with Gasteiger partial charge in [-0.2, -0.15) is 0 Å². The molecule has 3 rings (SSSR count). The van der Waals surface area contributed by atoms with Crippen molar-refractivity contribution in [2.75, 3.05) is 39.8 Å². The molecule has 0 saturated carbocycles. The average Bonchev–Trinajstić information content (AvgIpc) is 2.67. The van der Waals surface area contributed by atoms with E-state index in [9.17, 15) is 9.59 Å². The van der Waals surface area contributed by atoms with Gasteiger partial charge in [0.05, 0.1) is 11.0 Å². The molecule has 0 atom stereocenters. The van der Waals surface area contributed by atoms with E-state index in [2.05, 4.69) is 26.6 Å². The van der Waals surface area contributed by atoms with E-state index in [0.29, 0.717) is 37.4 Å². The Bertz CT molecular complexity index is 735. The highest BCUT2D eigenvalue weighted by molar-refractivity contribution is 9.10. The minimum atomic E-state index is -0.369. The molecule has 0 bridgehead atoms. The molecule has 0 unspecified atom stereocenters. The molecule has 2 heterocycles. The highest BCUT2D eigenvalue weighted by Gasteiger charge is 2.40. The third-order valence-corrected chi connectivity index (χ3v) is 5.79. The first kappa shape index (κ1) is 22.7. The maximum absolute atomic E-state index is 13.1. The van der Waals surface area contributed by atoms with Crippen LogP contribution in [-0.2, 0) is 4.79 Å². The van der Waals surface area contributed by atoms with Crippen LogP contribution < -0.4 is 15.4 Å². The van der Waals surface area contributed by atoms with Crippen LogP contribution in [0.15, 0.2) is 34.8 Å². The number of nitrogens with zero attached hydrogens (tertiary/aromatic N) is 1. The minimum absolute atomic E-state index is 0. The van der Waals surface area contributed by atoms with Gasteiger partial charge in [0.2, 0.25) is 5.91 Å². The number of ether oxygens (including phenoxy) is 1. The first-order valence-corrected chi connectivity index (χ1v) is 10.1. The van der Waals surface area contributed by atoms with Crippen LogP contribution in [0.5, 0.6) is 5.75 Å². The molecule has 1 aromatic carbocycles. The second kappa shape index (κ2) is 10.3. The summed E-state index contributed by atoms with van der Waals surface area (Å²) in [4.78, 5) is 27.4. The standard InChI is InChI=1S/C20H26BrN3O3.ClH/c1-24-12-11-23-18(25)16-5-4-15(21)14-17(16)27-13-3-2-6-20(19(24)26)7-9-22-10-8-20;/h2-5,14,22H,6-13H2,1H3,(H,23,25);1H/b3-2+;. The van der Waals surface area contributed by atoms with Crippen molar-refractivity contribution in [1.82, 2.24) is 15.5 Å². The molecule has 0 aliphatic carbocycles. The van der Waals surface area contributed by atoms with Gasteiger partial charge in [-0.1, -0.05) is 28.1 Å². The second-order valence-electron chi connectivity index (χ2n) is 7.14. The van der Waals surface area contributed by atoms with Crippen molar-refractivity contribution in [1.29, 1.82) is 0 Å². The summed E-state index contributed by atoms with van der Waals surface area (Å²) in [5.41, 5.74) is 0.124. The fraction of sp³-hybridized carbons (Fsp3) is 0.500. The van der Waals surface area contributed by atoms with Crippen molar-refractivity contribution in [3.8, 4) is 5.75 Å². The van der Waals surface area contributed by atoms with Gasteiger partial charge >= 0.3 is 0 Å². The third-order valence-electron chi connectivity index (χ3n) is 5.29. The Labute approximate surface area is 180 Å². The van der Waals surface area contributed by atoms with E-state index in [1.54, 1.807) is 17.0 Å². The highest BCUT2D eigenvalue weighted by Crippen LogP contribution is 2.35. The van der Waals surface area contributed by atoms with E-state index >= 15 is 0 Å². The zero-order valence-electron chi connectivity index (χ0n) is 16.0. The minimum Gasteiger partial charge on any atom is -0.489 e. The second-order valence-corrected chi connectivity index (χ2v) is 8.06. The van der Waals surface area contributed by atoms with Gasteiger partial charge < -0.3 is 20.3 Å². The first-order valence-electron chi connectivity index (χ1n) is 9.34. The van der Waals surface area contributed by atoms with Crippen LogP contribution in [0.4, 0.5) is 0 Å². The number of likely N-dealkylation sites (N-methyl/N-ethyl adjacent to an activating group) is 1. The Balaban J connectivity index is 0.00000280. The Hall–Kier alpha value is -1.57. The summed E-state index contributed by atoms with van der Waals surface area (Å²) in [5, 5.41) is 6.23. The van der Waals surface area contributed by atoms with E-state index in [4.69, 9.17) is 4.74 Å². The number of fused-ring (bicyclic) bond motifs is 1. The Morgan fingerprint density at radius 2 is 1.89 bits per heavy atom. The van der Waals surface area contributed by atoms with Crippen molar-refractivity contribution in [3.05, 3.63) is 40.4 Å². The van der Waals surface area contributed by atoms with Crippen molar-refractivity contribution in [3.63, 3.8) is 0 Å². The summed E-state index contributed by atoms with van der Waals surface area (Å²) >= 11 is 3.42. The largest absolute Gasteiger partial charge is 0.489 e. The number of hydrogen-bond donors (Lipinski definition) is 2. The number of rotatable bonds is 0. The molecule has 6 nitrogen and oxygen atoms in total. The molecule has 1 aromatic rings. The maximum atomic E-state index is 13.1. The zero-order chi connectivity index (χ0) is 19.3. The van der Waals surface area contributed by atoms with Gasteiger partial charge in [0.15, 0.2) is 0 Å². The Morgan fingerprint density at radius 3 is 2.64 bits per heavy atom. The molecule has 154 valence electrons. The number of hydrogen-bond acceptors (Lipinski definition) is 4. The summed E-state index contributed by atoms with van der Waals surface area (Å²) in [6, 6.07) is 5.36. The lowest BCUT2D eigenvalue weighted by Crippen LogP contribution is -2.49. The van der Waals surface area contributed by atoms with E-state index in [-0.39, 0.29) is 29.6 Å². The normalized spacial score (nSPS) is 21.6. The monoisotopic (exact) mass is 471 g/mol. The molecule has 8 heteroatoms. The number of nitrogens with one attached hydrogen (secondary N) is 2. The van der Waals surface area contributed by atoms with Gasteiger partial charge in [-0.25, -0.2) is 0 Å². The van der Waals surface area contributed by atoms with Crippen LogP contribution in [0.25, 0.3) is 0 Å². The number of carbonyl (C=O) groups excluding carboxylic acids is 2. The number of amides is 2. The molecule has 1 spiro atoms. The molecule has 1 saturated heterocycles. The maximum Gasteiger partial charge on any atom is 0.255 e. The Kier molecular flexibility index (Phi) is 8.34. The van der Waals surface area contributed by atoms with Gasteiger partial charge in [-0.3, -0.25) is 9.59 Å². The lowest BCUT2D eigenvalue weighted by Gasteiger charge is -2.38. The molecule has 2 N–H and O–H groups in total. The number of halogens is 2. The molecule has 28 heavy (non-hydrogen) atoms. The molecule has 0 radical (unpaired) electrons. The number of piperidine rings is 1. The number of carbonyl (C=O) groups is 2. The van der Waals surface area contributed by atoms with Crippen LogP contribution in [-0.4, -0.2) is 56.5 Å². The van der Waals surface area contributed by atoms with E-state index in [1.807, 2.05) is 25.3 Å². The smallest absolute Gasteiger partial charge is 0.255 e. The van der Waals surface area contributed by atoms with Crippen molar-refractivity contribution in [2.24, 2.45) is 5.41 Å². The molecule has 2 amide bonds. The number of allylic oxidation sites excluding steroid dienone is 1. The van der Waals surface area contributed by atoms with E-state index < -0.39 is 0 Å². The van der Waals surface area contributed by atoms with Crippen molar-refractivity contribution in [2.45, 2.75) is 19.3 Å². The van der Waals surface area contributed by atoms with E-state index in [1.165, 1.54) is 0 Å². The topological polar surface area (TPSA) is 70.7 Å². The predicted octanol–water partition coefficient (Wildman–Crippen LogP) is 2.77. The van der Waals surface area contributed by atoms with Crippen molar-refractivity contribution >= 4 is 40.2 Å². The lowest BCUT2D eigenvalue weighted by atomic mass is 9.75. The van der Waals surface area contributed by atoms with Gasteiger partial charge in [0, 0.05) is 24.6 Å². The average molecular weight is 473 g/mol. The SMILES string of the molecule is CN1CCNC(=O)c2ccc(Br)cc2OC/C=C/CC2(CCNCC2)C1=O.Cl. The first-order chi connectivity index (χ1) is 13.0. The Morgan fingerprint density at radius 1 is 1.14 bits per heavy atom. The number of benzene rings is 1. The van der Waals surface area contributed by atoms with Crippen LogP contribution in [0.3, 0.4) is 0 Å². The third kappa shape index (κ3) is 5.27. The summed E-state index contributed by atoms with van der Waals surface area (Å²) in [7, 11) is 1.82. The molecular weight excluding hydrogens is 446 g/mol. The van der Waals surface area contributed by atoms with Crippen LogP contribution in [0, 0.1) is 5.41 Å². The lowest BCUT2D eigenvalue weighted by molar-refractivity contribution is -0.142. The summed E-state index contributed by atoms with van der Waals surface area (Å²) in [6.45, 7) is 2.94. The molecule has 1 fully saturated rings. The quantitative estimate of drug-likeness (QED) is 0.570. The van der Waals surface area contributed by atoms with Gasteiger partial charge in [0.1, 0.15) is 12.4 Å². The van der Waals surface area contributed by atoms with Gasteiger partial charge in [-0.05, 0) is 50.6 Å². The summed E-state index contributed by atoms with van der Waals surface area (Å²) < 4.78 is 6.68. The van der Waals surface area contributed by atoms with Crippen LogP contribution in [0.2, 0.25) is 0 Å². The molecule has 2 aliphatic rings. The summed E-state index contributed by atoms with van der Waals surface area (Å²) in [5.74, 6) is 0.505.